The molecular formula is C9H15F4N. The number of nitrogens with one attached hydrogen (secondary N) is 1. The summed E-state index contributed by atoms with van der Waals surface area (Å²) in [4.78, 5) is 0. The molecule has 1 fully saturated rings. The number of hydrogen-bond donors (Lipinski definition) is 1. The van der Waals surface area contributed by atoms with Gasteiger partial charge in [-0.15, -0.1) is 0 Å². The smallest absolute Gasteiger partial charge is 0.307 e. The van der Waals surface area contributed by atoms with Crippen molar-refractivity contribution in [2.75, 3.05) is 13.1 Å². The molecule has 1 heterocycles. The van der Waals surface area contributed by atoms with Gasteiger partial charge in [-0.1, -0.05) is 0 Å². The SMILES string of the molecule is FC(F)C(F)(F)CC1CCCNCC1. The molecule has 0 saturated carbocycles. The molecule has 14 heavy (non-hydrogen) atoms. The first kappa shape index (κ1) is 11.8. The Hall–Kier alpha value is -0.320. The molecule has 0 aromatic heterocycles. The van der Waals surface area contributed by atoms with E-state index >= 15 is 0 Å². The Balaban J connectivity index is 2.41. The van der Waals surface area contributed by atoms with Crippen molar-refractivity contribution in [2.24, 2.45) is 5.92 Å². The second kappa shape index (κ2) is 4.96. The van der Waals surface area contributed by atoms with Crippen molar-refractivity contribution in [3.63, 3.8) is 0 Å². The third-order valence-corrected chi connectivity index (χ3v) is 2.58. The van der Waals surface area contributed by atoms with Crippen LogP contribution in [0.25, 0.3) is 0 Å². The van der Waals surface area contributed by atoms with Crippen LogP contribution in [0.4, 0.5) is 17.6 Å². The highest BCUT2D eigenvalue weighted by Crippen LogP contribution is 2.33. The van der Waals surface area contributed by atoms with Crippen molar-refractivity contribution in [3.05, 3.63) is 0 Å². The molecule has 0 aromatic rings. The molecule has 0 bridgehead atoms. The van der Waals surface area contributed by atoms with Gasteiger partial charge in [-0.3, -0.25) is 0 Å². The van der Waals surface area contributed by atoms with Crippen LogP contribution < -0.4 is 5.32 Å². The molecule has 1 nitrogen and oxygen atoms in total. The van der Waals surface area contributed by atoms with Gasteiger partial charge in [0.1, 0.15) is 0 Å². The highest BCUT2D eigenvalue weighted by molar-refractivity contribution is 4.76. The summed E-state index contributed by atoms with van der Waals surface area (Å²) in [7, 11) is 0. The van der Waals surface area contributed by atoms with Crippen LogP contribution in [-0.4, -0.2) is 25.4 Å². The zero-order valence-electron chi connectivity index (χ0n) is 7.91. The average molecular weight is 213 g/mol. The van der Waals surface area contributed by atoms with E-state index in [1.807, 2.05) is 0 Å². The lowest BCUT2D eigenvalue weighted by molar-refractivity contribution is -0.141. The van der Waals surface area contributed by atoms with Gasteiger partial charge in [-0.25, -0.2) is 17.6 Å². The average Bonchev–Trinajstić information content (AvgIpc) is 2.32. The van der Waals surface area contributed by atoms with Crippen molar-refractivity contribution in [1.29, 1.82) is 0 Å². The zero-order chi connectivity index (χ0) is 10.6. The summed E-state index contributed by atoms with van der Waals surface area (Å²) in [6, 6.07) is 0. The van der Waals surface area contributed by atoms with Crippen LogP contribution in [-0.2, 0) is 0 Å². The Labute approximate surface area is 80.9 Å². The van der Waals surface area contributed by atoms with Crippen molar-refractivity contribution in [3.8, 4) is 0 Å². The number of halogens is 4. The largest absolute Gasteiger partial charge is 0.317 e. The summed E-state index contributed by atoms with van der Waals surface area (Å²) in [6.07, 6.45) is -2.22. The van der Waals surface area contributed by atoms with Gasteiger partial charge in [0.25, 0.3) is 0 Å². The normalized spacial score (nSPS) is 25.1. The lowest BCUT2D eigenvalue weighted by Crippen LogP contribution is -2.29. The summed E-state index contributed by atoms with van der Waals surface area (Å²) in [5.74, 6) is -4.08. The molecule has 1 atom stereocenters. The van der Waals surface area contributed by atoms with Crippen LogP contribution in [0, 0.1) is 5.92 Å². The van der Waals surface area contributed by atoms with E-state index in [0.29, 0.717) is 19.4 Å². The molecule has 0 spiro atoms. The van der Waals surface area contributed by atoms with Gasteiger partial charge in [-0.05, 0) is 38.3 Å². The van der Waals surface area contributed by atoms with E-state index in [9.17, 15) is 17.6 Å². The Morgan fingerprint density at radius 1 is 1.21 bits per heavy atom. The topological polar surface area (TPSA) is 12.0 Å². The molecule has 84 valence electrons. The first-order valence-electron chi connectivity index (χ1n) is 4.89. The minimum Gasteiger partial charge on any atom is -0.317 e. The van der Waals surface area contributed by atoms with Crippen LogP contribution in [0.5, 0.6) is 0 Å². The lowest BCUT2D eigenvalue weighted by Gasteiger charge is -2.21. The van der Waals surface area contributed by atoms with Crippen molar-refractivity contribution in [1.82, 2.24) is 5.32 Å². The van der Waals surface area contributed by atoms with Crippen LogP contribution >= 0.6 is 0 Å². The van der Waals surface area contributed by atoms with Crippen LogP contribution in [0.3, 0.4) is 0 Å². The molecule has 1 unspecified atom stereocenters. The molecule has 0 amide bonds. The molecule has 1 aliphatic rings. The van der Waals surface area contributed by atoms with Crippen molar-refractivity contribution < 1.29 is 17.6 Å². The summed E-state index contributed by atoms with van der Waals surface area (Å²) in [5, 5.41) is 3.06. The fourth-order valence-corrected chi connectivity index (χ4v) is 1.77. The standard InChI is InChI=1S/C9H15F4N/c10-8(11)9(12,13)6-7-2-1-4-14-5-3-7/h7-8,14H,1-6H2. The van der Waals surface area contributed by atoms with Gasteiger partial charge in [0.15, 0.2) is 0 Å². The fraction of sp³-hybridized carbons (Fsp3) is 1.00. The Kier molecular flexibility index (Phi) is 4.16. The van der Waals surface area contributed by atoms with E-state index in [1.165, 1.54) is 0 Å². The molecule has 1 saturated heterocycles. The minimum absolute atomic E-state index is 0.269. The van der Waals surface area contributed by atoms with Gasteiger partial charge in [0.2, 0.25) is 0 Å². The van der Waals surface area contributed by atoms with Gasteiger partial charge < -0.3 is 5.32 Å². The molecule has 1 aliphatic heterocycles. The summed E-state index contributed by atoms with van der Waals surface area (Å²) < 4.78 is 49.2. The molecule has 0 aliphatic carbocycles. The maximum Gasteiger partial charge on any atom is 0.307 e. The monoisotopic (exact) mass is 213 g/mol. The van der Waals surface area contributed by atoms with Crippen molar-refractivity contribution in [2.45, 2.75) is 38.0 Å². The minimum atomic E-state index is -3.81. The van der Waals surface area contributed by atoms with E-state index in [4.69, 9.17) is 0 Å². The van der Waals surface area contributed by atoms with E-state index in [2.05, 4.69) is 5.32 Å². The molecule has 1 rings (SSSR count). The third-order valence-electron chi connectivity index (χ3n) is 2.58. The van der Waals surface area contributed by atoms with E-state index < -0.39 is 18.8 Å². The Morgan fingerprint density at radius 2 is 1.93 bits per heavy atom. The van der Waals surface area contributed by atoms with Crippen LogP contribution in [0.2, 0.25) is 0 Å². The molecule has 0 radical (unpaired) electrons. The zero-order valence-corrected chi connectivity index (χ0v) is 7.91. The van der Waals surface area contributed by atoms with Gasteiger partial charge in [0.05, 0.1) is 0 Å². The maximum atomic E-state index is 12.7. The van der Waals surface area contributed by atoms with Gasteiger partial charge >= 0.3 is 12.3 Å². The van der Waals surface area contributed by atoms with Gasteiger partial charge in [0, 0.05) is 6.42 Å². The predicted octanol–water partition coefficient (Wildman–Crippen LogP) is 2.67. The Morgan fingerprint density at radius 3 is 2.57 bits per heavy atom. The summed E-state index contributed by atoms with van der Waals surface area (Å²) in [5.41, 5.74) is 0. The number of rotatable bonds is 3. The quantitative estimate of drug-likeness (QED) is 0.711. The van der Waals surface area contributed by atoms with Crippen LogP contribution in [0.15, 0.2) is 0 Å². The maximum absolute atomic E-state index is 12.7. The third kappa shape index (κ3) is 3.44. The summed E-state index contributed by atoms with van der Waals surface area (Å²) in [6.45, 7) is 1.46. The van der Waals surface area contributed by atoms with Crippen molar-refractivity contribution >= 4 is 0 Å². The fourth-order valence-electron chi connectivity index (χ4n) is 1.77. The van der Waals surface area contributed by atoms with E-state index in [0.717, 1.165) is 13.0 Å². The highest BCUT2D eigenvalue weighted by atomic mass is 19.3. The van der Waals surface area contributed by atoms with Crippen LogP contribution in [0.1, 0.15) is 25.7 Å². The second-order valence-electron chi connectivity index (χ2n) is 3.81. The highest BCUT2D eigenvalue weighted by Gasteiger charge is 2.42. The molecule has 1 N–H and O–H groups in total. The molecule has 5 heteroatoms. The van der Waals surface area contributed by atoms with Gasteiger partial charge in [-0.2, -0.15) is 0 Å². The summed E-state index contributed by atoms with van der Waals surface area (Å²) >= 11 is 0. The number of hydrogen-bond acceptors (Lipinski definition) is 1. The first-order valence-corrected chi connectivity index (χ1v) is 4.89. The molecule has 0 aromatic carbocycles. The predicted molar refractivity (Wildman–Crippen MR) is 45.8 cm³/mol. The van der Waals surface area contributed by atoms with E-state index in [-0.39, 0.29) is 5.92 Å². The molecular weight excluding hydrogens is 198 g/mol. The first-order chi connectivity index (χ1) is 6.52. The van der Waals surface area contributed by atoms with E-state index in [1.54, 1.807) is 0 Å². The lowest BCUT2D eigenvalue weighted by atomic mass is 9.93. The number of alkyl halides is 4. The Bertz CT molecular complexity index is 164. The second-order valence-corrected chi connectivity index (χ2v) is 3.81.